The number of nitrogen functional groups attached to an aromatic ring is 1. The van der Waals surface area contributed by atoms with Gasteiger partial charge in [-0.3, -0.25) is 4.79 Å². The van der Waals surface area contributed by atoms with Crippen LogP contribution in [-0.4, -0.2) is 5.78 Å². The number of nitrogens with two attached hydrogens (primary N) is 1. The fraction of sp³-hybridized carbons (Fsp3) is 0.250. The van der Waals surface area contributed by atoms with Gasteiger partial charge in [0.25, 0.3) is 0 Å². The third kappa shape index (κ3) is 3.05. The average Bonchev–Trinajstić information content (AvgIpc) is 2.18. The quantitative estimate of drug-likeness (QED) is 0.335. The zero-order valence-electron chi connectivity index (χ0n) is 8.20. The summed E-state index contributed by atoms with van der Waals surface area (Å²) in [6, 6.07) is 7.10. The van der Waals surface area contributed by atoms with Crippen molar-refractivity contribution in [2.75, 3.05) is 5.73 Å². The van der Waals surface area contributed by atoms with E-state index < -0.39 is 0 Å². The van der Waals surface area contributed by atoms with Crippen molar-refractivity contribution in [1.82, 2.24) is 0 Å². The summed E-state index contributed by atoms with van der Waals surface area (Å²) in [6.07, 6.45) is 4.13. The van der Waals surface area contributed by atoms with Crippen LogP contribution in [0.2, 0.25) is 0 Å². The van der Waals surface area contributed by atoms with E-state index in [0.29, 0.717) is 17.7 Å². The monoisotopic (exact) mass is 189 g/mol. The third-order valence-corrected chi connectivity index (χ3v) is 2.02. The summed E-state index contributed by atoms with van der Waals surface area (Å²) in [4.78, 5) is 11.6. The van der Waals surface area contributed by atoms with Gasteiger partial charge in [0.2, 0.25) is 0 Å². The van der Waals surface area contributed by atoms with E-state index in [-0.39, 0.29) is 5.78 Å². The van der Waals surface area contributed by atoms with E-state index in [4.69, 9.17) is 5.73 Å². The van der Waals surface area contributed by atoms with Gasteiger partial charge in [0.05, 0.1) is 0 Å². The van der Waals surface area contributed by atoms with Gasteiger partial charge < -0.3 is 5.73 Å². The molecule has 1 aromatic rings. The lowest BCUT2D eigenvalue weighted by Crippen LogP contribution is -1.99. The van der Waals surface area contributed by atoms with Crippen LogP contribution in [-0.2, 0) is 0 Å². The minimum atomic E-state index is 0.152. The highest BCUT2D eigenvalue weighted by molar-refractivity contribution is 5.96. The van der Waals surface area contributed by atoms with Gasteiger partial charge in [-0.15, -0.1) is 6.58 Å². The van der Waals surface area contributed by atoms with Gasteiger partial charge in [-0.2, -0.15) is 0 Å². The highest BCUT2D eigenvalue weighted by Gasteiger charge is 2.04. The van der Waals surface area contributed by atoms with Crippen LogP contribution < -0.4 is 5.73 Å². The summed E-state index contributed by atoms with van der Waals surface area (Å²) in [5, 5.41) is 0. The maximum absolute atomic E-state index is 11.6. The van der Waals surface area contributed by atoms with Crippen molar-refractivity contribution in [2.24, 2.45) is 0 Å². The summed E-state index contributed by atoms with van der Waals surface area (Å²) in [5.74, 6) is 0.152. The summed E-state index contributed by atoms with van der Waals surface area (Å²) < 4.78 is 0. The van der Waals surface area contributed by atoms with Crippen LogP contribution in [0.1, 0.15) is 29.6 Å². The second kappa shape index (κ2) is 5.22. The van der Waals surface area contributed by atoms with Crippen LogP contribution in [0.25, 0.3) is 0 Å². The molecule has 0 aliphatic carbocycles. The Labute approximate surface area is 84.4 Å². The molecular formula is C12H15NO. The number of rotatable bonds is 5. The second-order valence-corrected chi connectivity index (χ2v) is 3.23. The van der Waals surface area contributed by atoms with Crippen LogP contribution in [0, 0.1) is 0 Å². The van der Waals surface area contributed by atoms with Crippen LogP contribution in [0.15, 0.2) is 36.9 Å². The molecule has 2 N–H and O–H groups in total. The van der Waals surface area contributed by atoms with E-state index in [1.807, 2.05) is 6.08 Å². The molecule has 0 atom stereocenters. The molecule has 0 amide bonds. The first kappa shape index (κ1) is 10.5. The number of carbonyl (C=O) groups excluding carboxylic acids is 1. The Hall–Kier alpha value is -1.57. The van der Waals surface area contributed by atoms with Gasteiger partial charge in [-0.1, -0.05) is 18.2 Å². The zero-order valence-corrected chi connectivity index (χ0v) is 8.20. The maximum atomic E-state index is 11.6. The van der Waals surface area contributed by atoms with Crippen molar-refractivity contribution >= 4 is 11.5 Å². The van der Waals surface area contributed by atoms with Crippen molar-refractivity contribution in [3.8, 4) is 0 Å². The molecule has 0 radical (unpaired) electrons. The molecule has 0 aliphatic rings. The van der Waals surface area contributed by atoms with Crippen LogP contribution in [0.3, 0.4) is 0 Å². The molecule has 2 nitrogen and oxygen atoms in total. The number of Topliss-reactive ketones (excluding diaryl/α,β-unsaturated/α-hetero) is 1. The molecular weight excluding hydrogens is 174 g/mol. The molecule has 0 unspecified atom stereocenters. The van der Waals surface area contributed by atoms with Gasteiger partial charge >= 0.3 is 0 Å². The van der Waals surface area contributed by atoms with E-state index in [2.05, 4.69) is 6.58 Å². The van der Waals surface area contributed by atoms with Crippen molar-refractivity contribution in [1.29, 1.82) is 0 Å². The number of ketones is 1. The van der Waals surface area contributed by atoms with Crippen LogP contribution in [0.5, 0.6) is 0 Å². The third-order valence-electron chi connectivity index (χ3n) is 2.02. The highest BCUT2D eigenvalue weighted by Crippen LogP contribution is 2.10. The Kier molecular flexibility index (Phi) is 3.92. The molecule has 0 spiro atoms. The lowest BCUT2D eigenvalue weighted by Gasteiger charge is -2.00. The lowest BCUT2D eigenvalue weighted by molar-refractivity contribution is 0.0980. The number of benzene rings is 1. The summed E-state index contributed by atoms with van der Waals surface area (Å²) in [6.45, 7) is 3.61. The summed E-state index contributed by atoms with van der Waals surface area (Å²) in [5.41, 5.74) is 6.92. The van der Waals surface area contributed by atoms with Crippen LogP contribution >= 0.6 is 0 Å². The van der Waals surface area contributed by atoms with E-state index in [9.17, 15) is 4.79 Å². The number of hydrogen-bond acceptors (Lipinski definition) is 2. The van der Waals surface area contributed by atoms with Gasteiger partial charge in [0, 0.05) is 17.7 Å². The maximum Gasteiger partial charge on any atom is 0.162 e. The molecule has 74 valence electrons. The Morgan fingerprint density at radius 3 is 2.93 bits per heavy atom. The Morgan fingerprint density at radius 1 is 1.50 bits per heavy atom. The highest BCUT2D eigenvalue weighted by atomic mass is 16.1. The molecule has 0 fully saturated rings. The molecule has 0 saturated carbocycles. The first-order valence-corrected chi connectivity index (χ1v) is 4.73. The molecule has 14 heavy (non-hydrogen) atoms. The predicted octanol–water partition coefficient (Wildman–Crippen LogP) is 2.81. The Balaban J connectivity index is 2.56. The Bertz CT molecular complexity index is 331. The number of unbranched alkanes of at least 4 members (excludes halogenated alkanes) is 1. The fourth-order valence-electron chi connectivity index (χ4n) is 1.26. The standard InChI is InChI=1S/C12H15NO/c1-2-3-4-8-12(14)10-6-5-7-11(13)9-10/h2,5-7,9H,1,3-4,8,13H2. The number of carbonyl (C=O) groups is 1. The molecule has 0 aliphatic heterocycles. The van der Waals surface area contributed by atoms with Gasteiger partial charge in [-0.05, 0) is 25.0 Å². The van der Waals surface area contributed by atoms with Crippen molar-refractivity contribution < 1.29 is 4.79 Å². The summed E-state index contributed by atoms with van der Waals surface area (Å²) >= 11 is 0. The van der Waals surface area contributed by atoms with Crippen LogP contribution in [0.4, 0.5) is 5.69 Å². The lowest BCUT2D eigenvalue weighted by atomic mass is 10.1. The van der Waals surface area contributed by atoms with Crippen molar-refractivity contribution in [3.05, 3.63) is 42.5 Å². The SMILES string of the molecule is C=CCCCC(=O)c1cccc(N)c1. The van der Waals surface area contributed by atoms with E-state index >= 15 is 0 Å². The Morgan fingerprint density at radius 2 is 2.29 bits per heavy atom. The largest absolute Gasteiger partial charge is 0.399 e. The minimum absolute atomic E-state index is 0.152. The topological polar surface area (TPSA) is 43.1 Å². The van der Waals surface area contributed by atoms with Gasteiger partial charge in [0.1, 0.15) is 0 Å². The first-order valence-electron chi connectivity index (χ1n) is 4.73. The molecule has 2 heteroatoms. The zero-order chi connectivity index (χ0) is 10.4. The van der Waals surface area contributed by atoms with E-state index in [1.165, 1.54) is 0 Å². The first-order chi connectivity index (χ1) is 6.74. The molecule has 1 aromatic carbocycles. The molecule has 0 saturated heterocycles. The van der Waals surface area contributed by atoms with Crippen molar-refractivity contribution in [3.63, 3.8) is 0 Å². The van der Waals surface area contributed by atoms with Gasteiger partial charge in [-0.25, -0.2) is 0 Å². The number of allylic oxidation sites excluding steroid dienone is 1. The minimum Gasteiger partial charge on any atom is -0.399 e. The normalized spacial score (nSPS) is 9.71. The van der Waals surface area contributed by atoms with Crippen molar-refractivity contribution in [2.45, 2.75) is 19.3 Å². The average molecular weight is 189 g/mol. The number of hydrogen-bond donors (Lipinski definition) is 1. The molecule has 0 bridgehead atoms. The summed E-state index contributed by atoms with van der Waals surface area (Å²) in [7, 11) is 0. The molecule has 0 aromatic heterocycles. The second-order valence-electron chi connectivity index (χ2n) is 3.23. The molecule has 0 heterocycles. The van der Waals surface area contributed by atoms with Gasteiger partial charge in [0.15, 0.2) is 5.78 Å². The molecule has 1 rings (SSSR count). The van der Waals surface area contributed by atoms with E-state index in [1.54, 1.807) is 24.3 Å². The smallest absolute Gasteiger partial charge is 0.162 e. The predicted molar refractivity (Wildman–Crippen MR) is 59.2 cm³/mol. The fourth-order valence-corrected chi connectivity index (χ4v) is 1.26. The van der Waals surface area contributed by atoms with E-state index in [0.717, 1.165) is 12.8 Å². The number of anilines is 1.